The molecule has 0 fully saturated rings. The maximum atomic E-state index is 13.7. The lowest BCUT2D eigenvalue weighted by molar-refractivity contribution is -0.384. The summed E-state index contributed by atoms with van der Waals surface area (Å²) in [5, 5.41) is 15.4. The van der Waals surface area contributed by atoms with Crippen LogP contribution in [0.1, 0.15) is 5.56 Å². The van der Waals surface area contributed by atoms with Crippen LogP contribution in [0.25, 0.3) is 0 Å². The Hall–Kier alpha value is -3.07. The van der Waals surface area contributed by atoms with Crippen LogP contribution in [-0.4, -0.2) is 23.1 Å². The Balaban J connectivity index is 1.96. The standard InChI is InChI=1S/C16H14FN3O4S/c1-24-12-5-2-10(3-6-12)8-15(21)19-16(25)18-14-9-11(20(22)23)4-7-13(14)17/h2-7,9H,8H2,1H3,(H2,18,19,21,25). The number of methoxy groups -OCH3 is 1. The quantitative estimate of drug-likeness (QED) is 0.482. The lowest BCUT2D eigenvalue weighted by Crippen LogP contribution is -2.35. The van der Waals surface area contributed by atoms with Crippen LogP contribution in [0, 0.1) is 15.9 Å². The zero-order valence-electron chi connectivity index (χ0n) is 13.1. The van der Waals surface area contributed by atoms with Crippen LogP contribution in [0.4, 0.5) is 15.8 Å². The number of hydrogen-bond acceptors (Lipinski definition) is 5. The minimum absolute atomic E-state index is 0.0588. The molecule has 2 rings (SSSR count). The second-order valence-electron chi connectivity index (χ2n) is 4.95. The summed E-state index contributed by atoms with van der Waals surface area (Å²) in [6, 6.07) is 9.88. The molecule has 7 nitrogen and oxygen atoms in total. The highest BCUT2D eigenvalue weighted by atomic mass is 32.1. The molecule has 0 aliphatic rings. The number of thiocarbonyl (C=S) groups is 1. The van der Waals surface area contributed by atoms with E-state index in [4.69, 9.17) is 17.0 Å². The monoisotopic (exact) mass is 363 g/mol. The van der Waals surface area contributed by atoms with Crippen molar-refractivity contribution in [2.75, 3.05) is 12.4 Å². The predicted molar refractivity (Wildman–Crippen MR) is 94.1 cm³/mol. The average Bonchev–Trinajstić information content (AvgIpc) is 2.57. The van der Waals surface area contributed by atoms with Crippen molar-refractivity contribution in [3.05, 3.63) is 64.0 Å². The van der Waals surface area contributed by atoms with Crippen molar-refractivity contribution in [2.24, 2.45) is 0 Å². The number of carbonyl (C=O) groups is 1. The van der Waals surface area contributed by atoms with Crippen molar-refractivity contribution in [1.82, 2.24) is 5.32 Å². The van der Waals surface area contributed by atoms with Crippen LogP contribution >= 0.6 is 12.2 Å². The van der Waals surface area contributed by atoms with Gasteiger partial charge >= 0.3 is 0 Å². The van der Waals surface area contributed by atoms with Gasteiger partial charge in [-0.15, -0.1) is 0 Å². The van der Waals surface area contributed by atoms with Crippen molar-refractivity contribution < 1.29 is 18.8 Å². The summed E-state index contributed by atoms with van der Waals surface area (Å²) >= 11 is 4.94. The maximum absolute atomic E-state index is 13.7. The topological polar surface area (TPSA) is 93.5 Å². The zero-order valence-corrected chi connectivity index (χ0v) is 13.9. The normalized spacial score (nSPS) is 10.0. The summed E-state index contributed by atoms with van der Waals surface area (Å²) in [5.41, 5.74) is 0.253. The number of nitrogens with one attached hydrogen (secondary N) is 2. The highest BCUT2D eigenvalue weighted by molar-refractivity contribution is 7.80. The highest BCUT2D eigenvalue weighted by Gasteiger charge is 2.13. The van der Waals surface area contributed by atoms with Crippen molar-refractivity contribution in [1.29, 1.82) is 0 Å². The number of benzene rings is 2. The summed E-state index contributed by atoms with van der Waals surface area (Å²) < 4.78 is 18.7. The van der Waals surface area contributed by atoms with E-state index in [0.29, 0.717) is 5.75 Å². The second kappa shape index (κ2) is 8.15. The summed E-state index contributed by atoms with van der Waals surface area (Å²) in [4.78, 5) is 22.0. The summed E-state index contributed by atoms with van der Waals surface area (Å²) in [6.07, 6.45) is 0.0588. The van der Waals surface area contributed by atoms with Crippen molar-refractivity contribution in [3.63, 3.8) is 0 Å². The molecule has 25 heavy (non-hydrogen) atoms. The van der Waals surface area contributed by atoms with Gasteiger partial charge in [-0.3, -0.25) is 14.9 Å². The van der Waals surface area contributed by atoms with E-state index in [1.54, 1.807) is 31.4 Å². The van der Waals surface area contributed by atoms with Crippen LogP contribution in [0.2, 0.25) is 0 Å². The number of nitro benzene ring substituents is 1. The summed E-state index contributed by atoms with van der Waals surface area (Å²) in [6.45, 7) is 0. The van der Waals surface area contributed by atoms with E-state index in [1.165, 1.54) is 0 Å². The van der Waals surface area contributed by atoms with Gasteiger partial charge in [0.05, 0.1) is 24.1 Å². The number of non-ortho nitro benzene ring substituents is 1. The van der Waals surface area contributed by atoms with E-state index in [0.717, 1.165) is 23.8 Å². The number of anilines is 1. The van der Waals surface area contributed by atoms with Gasteiger partial charge in [-0.2, -0.15) is 0 Å². The number of carbonyl (C=O) groups excluding carboxylic acids is 1. The fourth-order valence-electron chi connectivity index (χ4n) is 1.98. The van der Waals surface area contributed by atoms with E-state index in [-0.39, 0.29) is 22.9 Å². The molecule has 2 aromatic carbocycles. The minimum atomic E-state index is -0.725. The lowest BCUT2D eigenvalue weighted by Gasteiger charge is -2.10. The molecule has 2 N–H and O–H groups in total. The number of amides is 1. The van der Waals surface area contributed by atoms with Gasteiger partial charge in [-0.05, 0) is 36.0 Å². The first-order valence-corrected chi connectivity index (χ1v) is 7.47. The molecule has 1 amide bonds. The van der Waals surface area contributed by atoms with Crippen LogP contribution in [0.5, 0.6) is 5.75 Å². The Morgan fingerprint density at radius 3 is 2.56 bits per heavy atom. The van der Waals surface area contributed by atoms with Crippen LogP contribution in [0.3, 0.4) is 0 Å². The van der Waals surface area contributed by atoms with Gasteiger partial charge in [0.15, 0.2) is 5.11 Å². The van der Waals surface area contributed by atoms with E-state index in [2.05, 4.69) is 10.6 Å². The third kappa shape index (κ3) is 5.21. The fourth-order valence-corrected chi connectivity index (χ4v) is 2.20. The third-order valence-electron chi connectivity index (χ3n) is 3.19. The number of ether oxygens (including phenoxy) is 1. The molecule has 0 atom stereocenters. The smallest absolute Gasteiger partial charge is 0.271 e. The lowest BCUT2D eigenvalue weighted by atomic mass is 10.1. The molecule has 0 aromatic heterocycles. The molecule has 0 radical (unpaired) electrons. The largest absolute Gasteiger partial charge is 0.497 e. The third-order valence-corrected chi connectivity index (χ3v) is 3.39. The first-order chi connectivity index (χ1) is 11.9. The van der Waals surface area contributed by atoms with Gasteiger partial charge in [0, 0.05) is 12.1 Å². The Morgan fingerprint density at radius 2 is 1.96 bits per heavy atom. The predicted octanol–water partition coefficient (Wildman–Crippen LogP) is 2.80. The molecule has 0 spiro atoms. The first-order valence-electron chi connectivity index (χ1n) is 7.06. The molecule has 0 unspecified atom stereocenters. The molecule has 9 heteroatoms. The SMILES string of the molecule is COc1ccc(CC(=O)NC(=S)Nc2cc([N+](=O)[O-])ccc2F)cc1. The van der Waals surface area contributed by atoms with Gasteiger partial charge in [0.2, 0.25) is 5.91 Å². The summed E-state index contributed by atoms with van der Waals surface area (Å²) in [7, 11) is 1.54. The number of hydrogen-bond donors (Lipinski definition) is 2. The molecular weight excluding hydrogens is 349 g/mol. The van der Waals surface area contributed by atoms with Crippen molar-refractivity contribution in [3.8, 4) is 5.75 Å². The molecule has 130 valence electrons. The molecule has 0 bridgehead atoms. The maximum Gasteiger partial charge on any atom is 0.271 e. The van der Waals surface area contributed by atoms with Crippen LogP contribution in [0.15, 0.2) is 42.5 Å². The number of nitro groups is 1. The van der Waals surface area contributed by atoms with Gasteiger partial charge in [-0.25, -0.2) is 4.39 Å². The van der Waals surface area contributed by atoms with Gasteiger partial charge in [0.25, 0.3) is 5.69 Å². The average molecular weight is 363 g/mol. The Kier molecular flexibility index (Phi) is 5.96. The fraction of sp³-hybridized carbons (Fsp3) is 0.125. The first kappa shape index (κ1) is 18.3. The highest BCUT2D eigenvalue weighted by Crippen LogP contribution is 2.21. The van der Waals surface area contributed by atoms with Crippen LogP contribution in [-0.2, 0) is 11.2 Å². The van der Waals surface area contributed by atoms with Crippen LogP contribution < -0.4 is 15.4 Å². The second-order valence-corrected chi connectivity index (χ2v) is 5.36. The van der Waals surface area contributed by atoms with E-state index < -0.39 is 16.6 Å². The molecule has 0 saturated carbocycles. The van der Waals surface area contributed by atoms with Gasteiger partial charge in [0.1, 0.15) is 11.6 Å². The molecule has 0 heterocycles. The Labute approximate surface area is 148 Å². The van der Waals surface area contributed by atoms with E-state index >= 15 is 0 Å². The van der Waals surface area contributed by atoms with E-state index in [1.807, 2.05) is 0 Å². The molecule has 0 saturated heterocycles. The minimum Gasteiger partial charge on any atom is -0.497 e. The number of halogens is 1. The Bertz CT molecular complexity index is 812. The molecule has 2 aromatic rings. The molecule has 0 aliphatic heterocycles. The zero-order chi connectivity index (χ0) is 18.4. The van der Waals surface area contributed by atoms with Gasteiger partial charge in [-0.1, -0.05) is 12.1 Å². The number of rotatable bonds is 5. The van der Waals surface area contributed by atoms with Gasteiger partial charge < -0.3 is 15.4 Å². The van der Waals surface area contributed by atoms with Crippen molar-refractivity contribution >= 4 is 34.6 Å². The molecular formula is C16H14FN3O4S. The Morgan fingerprint density at radius 1 is 1.28 bits per heavy atom. The van der Waals surface area contributed by atoms with Crippen molar-refractivity contribution in [2.45, 2.75) is 6.42 Å². The number of nitrogens with zero attached hydrogens (tertiary/aromatic N) is 1. The molecule has 0 aliphatic carbocycles. The summed E-state index contributed by atoms with van der Waals surface area (Å²) in [5.74, 6) is -0.464. The van der Waals surface area contributed by atoms with E-state index in [9.17, 15) is 19.3 Å².